The molecule has 0 amide bonds. The highest BCUT2D eigenvalue weighted by Crippen LogP contribution is 2.48. The van der Waals surface area contributed by atoms with Crippen LogP contribution in [0.4, 0.5) is 17.1 Å². The Hall–Kier alpha value is -5.08. The monoisotopic (exact) mass is 540 g/mol. The van der Waals surface area contributed by atoms with Crippen molar-refractivity contribution in [2.45, 2.75) is 26.2 Å². The highest BCUT2D eigenvalue weighted by molar-refractivity contribution is 6.12. The van der Waals surface area contributed by atoms with Gasteiger partial charge in [-0.1, -0.05) is 105 Å². The van der Waals surface area contributed by atoms with Crippen molar-refractivity contribution in [3.63, 3.8) is 0 Å². The van der Waals surface area contributed by atoms with E-state index in [1.54, 1.807) is 0 Å². The molecule has 2 nitrogen and oxygen atoms in total. The van der Waals surface area contributed by atoms with Gasteiger partial charge in [0.1, 0.15) is 0 Å². The van der Waals surface area contributed by atoms with Crippen molar-refractivity contribution in [1.82, 2.24) is 4.57 Å². The zero-order chi connectivity index (χ0) is 28.4. The zero-order valence-electron chi connectivity index (χ0n) is 24.2. The van der Waals surface area contributed by atoms with Crippen molar-refractivity contribution in [3.8, 4) is 16.8 Å². The molecule has 0 aliphatic carbocycles. The molecule has 0 unspecified atom stereocenters. The molecule has 6 aromatic carbocycles. The van der Waals surface area contributed by atoms with E-state index < -0.39 is 0 Å². The van der Waals surface area contributed by atoms with Crippen molar-refractivity contribution in [1.29, 1.82) is 0 Å². The fourth-order valence-corrected chi connectivity index (χ4v) is 6.96. The molecular weight excluding hydrogens is 508 g/mol. The van der Waals surface area contributed by atoms with Crippen molar-refractivity contribution < 1.29 is 0 Å². The van der Waals surface area contributed by atoms with Crippen molar-refractivity contribution in [2.75, 3.05) is 4.90 Å². The number of hydrogen-bond donors (Lipinski definition) is 0. The molecule has 42 heavy (non-hydrogen) atoms. The molecule has 0 radical (unpaired) electrons. The maximum atomic E-state index is 2.48. The highest BCUT2D eigenvalue weighted by Gasteiger charge is 2.34. The minimum absolute atomic E-state index is 0.0746. The predicted octanol–water partition coefficient (Wildman–Crippen LogP) is 10.9. The Balaban J connectivity index is 1.39. The maximum Gasteiger partial charge on any atom is 0.0582 e. The second kappa shape index (κ2) is 9.22. The van der Waals surface area contributed by atoms with Crippen LogP contribution in [0.3, 0.4) is 0 Å². The first kappa shape index (κ1) is 24.7. The Morgan fingerprint density at radius 1 is 0.524 bits per heavy atom. The fourth-order valence-electron chi connectivity index (χ4n) is 6.96. The highest BCUT2D eigenvalue weighted by atomic mass is 15.1. The topological polar surface area (TPSA) is 8.17 Å². The number of para-hydroxylation sites is 2. The molecule has 0 atom stereocenters. The normalized spacial score (nSPS) is 13.3. The third-order valence-electron chi connectivity index (χ3n) is 8.99. The Kier molecular flexibility index (Phi) is 5.42. The van der Waals surface area contributed by atoms with Gasteiger partial charge in [-0.15, -0.1) is 0 Å². The molecule has 0 N–H and O–H groups in total. The summed E-state index contributed by atoms with van der Waals surface area (Å²) in [6.45, 7) is 6.87. The predicted molar refractivity (Wildman–Crippen MR) is 178 cm³/mol. The van der Waals surface area contributed by atoms with Crippen LogP contribution >= 0.6 is 0 Å². The molecule has 0 spiro atoms. The first-order chi connectivity index (χ1) is 20.5. The summed E-state index contributed by atoms with van der Waals surface area (Å²) in [6, 6.07) is 51.0. The van der Waals surface area contributed by atoms with Crippen LogP contribution in [0.25, 0.3) is 38.6 Å². The van der Waals surface area contributed by atoms with Crippen molar-refractivity contribution >= 4 is 38.9 Å². The molecule has 202 valence electrons. The van der Waals surface area contributed by atoms with E-state index in [9.17, 15) is 0 Å². The molecule has 2 heterocycles. The van der Waals surface area contributed by atoms with E-state index in [2.05, 4.69) is 170 Å². The van der Waals surface area contributed by atoms with Crippen molar-refractivity contribution in [2.24, 2.45) is 0 Å². The van der Waals surface area contributed by atoms with Gasteiger partial charge in [-0.25, -0.2) is 0 Å². The number of aromatic nitrogens is 1. The van der Waals surface area contributed by atoms with E-state index in [0.717, 1.165) is 17.1 Å². The van der Waals surface area contributed by atoms with E-state index in [1.165, 1.54) is 55.3 Å². The molecule has 0 saturated heterocycles. The Morgan fingerprint density at radius 3 is 2.02 bits per heavy atom. The molecule has 1 aliphatic heterocycles. The lowest BCUT2D eigenvalue weighted by molar-refractivity contribution is 0.630. The summed E-state index contributed by atoms with van der Waals surface area (Å²) in [6.07, 6.45) is 0. The van der Waals surface area contributed by atoms with Gasteiger partial charge in [-0.2, -0.15) is 0 Å². The quantitative estimate of drug-likeness (QED) is 0.216. The van der Waals surface area contributed by atoms with Gasteiger partial charge in [0, 0.05) is 33.2 Å². The molecule has 2 heteroatoms. The van der Waals surface area contributed by atoms with Crippen LogP contribution in [0.15, 0.2) is 140 Å². The zero-order valence-corrected chi connectivity index (χ0v) is 24.2. The molecule has 1 aromatic heterocycles. The molecule has 0 bridgehead atoms. The van der Waals surface area contributed by atoms with Gasteiger partial charge in [-0.3, -0.25) is 0 Å². The minimum Gasteiger partial charge on any atom is -0.310 e. The van der Waals surface area contributed by atoms with Crippen LogP contribution < -0.4 is 4.90 Å². The van der Waals surface area contributed by atoms with Crippen LogP contribution in [0.5, 0.6) is 0 Å². The van der Waals surface area contributed by atoms with Crippen LogP contribution in [0.2, 0.25) is 0 Å². The maximum absolute atomic E-state index is 2.48. The lowest BCUT2D eigenvalue weighted by Crippen LogP contribution is -2.26. The standard InChI is InChI=1S/C40H32N2/c1-27-12-9-16-30(24-27)41(31-17-10-15-29(25-31)28-13-5-4-6-14-28)32-22-23-37-34(26-32)33-18-11-20-36-39(33)42(37)38-21-8-7-19-35(38)40(36,2)3/h4-26H,1-3H3. The number of benzene rings is 6. The van der Waals surface area contributed by atoms with Crippen LogP contribution in [0.1, 0.15) is 30.5 Å². The number of rotatable bonds is 4. The second-order valence-corrected chi connectivity index (χ2v) is 12.0. The lowest BCUT2D eigenvalue weighted by Gasteiger charge is -2.34. The van der Waals surface area contributed by atoms with Gasteiger partial charge < -0.3 is 9.47 Å². The summed E-state index contributed by atoms with van der Waals surface area (Å²) in [4.78, 5) is 2.39. The molecule has 1 aliphatic rings. The van der Waals surface area contributed by atoms with E-state index in [-0.39, 0.29) is 5.41 Å². The SMILES string of the molecule is Cc1cccc(N(c2cccc(-c3ccccc3)c2)c2ccc3c(c2)c2cccc4c2n3-c2ccccc2C4(C)C)c1. The van der Waals surface area contributed by atoms with Gasteiger partial charge in [0.05, 0.1) is 16.7 Å². The number of hydrogen-bond acceptors (Lipinski definition) is 1. The van der Waals surface area contributed by atoms with Gasteiger partial charge in [0.25, 0.3) is 0 Å². The third-order valence-corrected chi connectivity index (χ3v) is 8.99. The first-order valence-corrected chi connectivity index (χ1v) is 14.7. The summed E-state index contributed by atoms with van der Waals surface area (Å²) in [5.74, 6) is 0. The first-order valence-electron chi connectivity index (χ1n) is 14.7. The number of fused-ring (bicyclic) bond motifs is 5. The Morgan fingerprint density at radius 2 is 1.19 bits per heavy atom. The Labute approximate surface area is 247 Å². The Bertz CT molecular complexity index is 2130. The van der Waals surface area contributed by atoms with E-state index in [1.807, 2.05) is 0 Å². The number of anilines is 3. The lowest BCUT2D eigenvalue weighted by atomic mass is 9.75. The summed E-state index contributed by atoms with van der Waals surface area (Å²) in [7, 11) is 0. The van der Waals surface area contributed by atoms with E-state index >= 15 is 0 Å². The smallest absolute Gasteiger partial charge is 0.0582 e. The summed E-state index contributed by atoms with van der Waals surface area (Å²) in [5, 5.41) is 2.57. The number of nitrogens with zero attached hydrogens (tertiary/aromatic N) is 2. The van der Waals surface area contributed by atoms with E-state index in [4.69, 9.17) is 0 Å². The van der Waals surface area contributed by atoms with Crippen molar-refractivity contribution in [3.05, 3.63) is 156 Å². The van der Waals surface area contributed by atoms with Crippen LogP contribution in [0, 0.1) is 6.92 Å². The summed E-state index contributed by atoms with van der Waals surface area (Å²) < 4.78 is 2.48. The van der Waals surface area contributed by atoms with Gasteiger partial charge in [0.15, 0.2) is 0 Å². The van der Waals surface area contributed by atoms with Gasteiger partial charge in [-0.05, 0) is 83.3 Å². The third kappa shape index (κ3) is 3.65. The molecule has 0 saturated carbocycles. The average molecular weight is 541 g/mol. The minimum atomic E-state index is -0.0746. The van der Waals surface area contributed by atoms with Gasteiger partial charge in [0.2, 0.25) is 0 Å². The largest absolute Gasteiger partial charge is 0.310 e. The fraction of sp³-hybridized carbons (Fsp3) is 0.100. The van der Waals surface area contributed by atoms with E-state index in [0.29, 0.717) is 0 Å². The molecular formula is C40H32N2. The summed E-state index contributed by atoms with van der Waals surface area (Å²) >= 11 is 0. The van der Waals surface area contributed by atoms with Crippen LogP contribution in [-0.2, 0) is 5.41 Å². The number of aryl methyl sites for hydroxylation is 1. The molecule has 0 fully saturated rings. The second-order valence-electron chi connectivity index (χ2n) is 12.0. The summed E-state index contributed by atoms with van der Waals surface area (Å²) in [5.41, 5.74) is 13.6. The van der Waals surface area contributed by atoms with Gasteiger partial charge >= 0.3 is 0 Å². The molecule has 7 aromatic rings. The van der Waals surface area contributed by atoms with Crippen LogP contribution in [-0.4, -0.2) is 4.57 Å². The average Bonchev–Trinajstić information content (AvgIpc) is 3.35. The molecule has 8 rings (SSSR count).